The Labute approximate surface area is 179 Å². The van der Waals surface area contributed by atoms with Gasteiger partial charge in [0.25, 0.3) is 5.91 Å². The van der Waals surface area contributed by atoms with Gasteiger partial charge in [0, 0.05) is 24.7 Å². The Balaban J connectivity index is 1.31. The first-order valence-corrected chi connectivity index (χ1v) is 10.2. The monoisotopic (exact) mass is 431 g/mol. The van der Waals surface area contributed by atoms with Crippen LogP contribution in [0.3, 0.4) is 0 Å². The van der Waals surface area contributed by atoms with Gasteiger partial charge in [0.05, 0.1) is 31.9 Å². The maximum atomic E-state index is 12.5. The lowest BCUT2D eigenvalue weighted by atomic mass is 10.1. The lowest BCUT2D eigenvalue weighted by Gasteiger charge is -2.23. The highest BCUT2D eigenvalue weighted by atomic mass is 35.5. The lowest BCUT2D eigenvalue weighted by Crippen LogP contribution is -2.34. The highest BCUT2D eigenvalue weighted by molar-refractivity contribution is 6.32. The zero-order valence-corrected chi connectivity index (χ0v) is 17.0. The highest BCUT2D eigenvalue weighted by Crippen LogP contribution is 2.26. The number of anilines is 1. The average molecular weight is 432 g/mol. The number of carbonyl (C=O) groups is 2. The summed E-state index contributed by atoms with van der Waals surface area (Å²) in [7, 11) is 0. The summed E-state index contributed by atoms with van der Waals surface area (Å²) in [6.45, 7) is 1.85. The number of hydrogen-bond donors (Lipinski definition) is 1. The summed E-state index contributed by atoms with van der Waals surface area (Å²) in [5.74, 6) is -0.0421. The standard InChI is InChI=1S/C21H22ClN3O5/c22-18-10-14(11-24-20(18)29-16-6-8-28-9-7-16)19(26)23-12-17-13-25(21(27)30-17)15-4-2-1-3-5-15/h1-5,10-11,16-17H,6-9,12-13H2,(H,23,26). The number of rotatable bonds is 6. The van der Waals surface area contributed by atoms with E-state index >= 15 is 0 Å². The fourth-order valence-electron chi connectivity index (χ4n) is 3.34. The SMILES string of the molecule is O=C(NCC1CN(c2ccccc2)C(=O)O1)c1cnc(OC2CCOCC2)c(Cl)c1. The number of carbonyl (C=O) groups excluding carboxylic acids is 2. The predicted molar refractivity (Wildman–Crippen MR) is 110 cm³/mol. The van der Waals surface area contributed by atoms with Crippen LogP contribution in [0.25, 0.3) is 0 Å². The van der Waals surface area contributed by atoms with Crippen molar-refractivity contribution in [2.24, 2.45) is 0 Å². The summed E-state index contributed by atoms with van der Waals surface area (Å²) < 4.78 is 16.5. The Morgan fingerprint density at radius 3 is 2.77 bits per heavy atom. The van der Waals surface area contributed by atoms with E-state index in [0.29, 0.717) is 31.2 Å². The fraction of sp³-hybridized carbons (Fsp3) is 0.381. The van der Waals surface area contributed by atoms with Crippen LogP contribution in [0.4, 0.5) is 10.5 Å². The topological polar surface area (TPSA) is 90.0 Å². The smallest absolute Gasteiger partial charge is 0.414 e. The Kier molecular flexibility index (Phi) is 6.35. The molecular weight excluding hydrogens is 410 g/mol. The number of nitrogens with zero attached hydrogens (tertiary/aromatic N) is 2. The van der Waals surface area contributed by atoms with Crippen LogP contribution in [-0.2, 0) is 9.47 Å². The van der Waals surface area contributed by atoms with Crippen LogP contribution in [0.5, 0.6) is 5.88 Å². The molecule has 2 amide bonds. The number of hydrogen-bond acceptors (Lipinski definition) is 6. The van der Waals surface area contributed by atoms with Crippen molar-refractivity contribution in [3.63, 3.8) is 0 Å². The molecule has 2 aliphatic heterocycles. The van der Waals surface area contributed by atoms with Gasteiger partial charge in [-0.3, -0.25) is 9.69 Å². The van der Waals surface area contributed by atoms with Crippen LogP contribution >= 0.6 is 11.6 Å². The number of ether oxygens (including phenoxy) is 3. The number of nitrogens with one attached hydrogen (secondary N) is 1. The van der Waals surface area contributed by atoms with Gasteiger partial charge in [0.1, 0.15) is 17.2 Å². The Morgan fingerprint density at radius 1 is 1.27 bits per heavy atom. The van der Waals surface area contributed by atoms with Crippen LogP contribution in [0.1, 0.15) is 23.2 Å². The van der Waals surface area contributed by atoms with E-state index < -0.39 is 12.2 Å². The van der Waals surface area contributed by atoms with Gasteiger partial charge in [-0.15, -0.1) is 0 Å². The van der Waals surface area contributed by atoms with Gasteiger partial charge < -0.3 is 19.5 Å². The third-order valence-corrected chi connectivity index (χ3v) is 5.22. The van der Waals surface area contributed by atoms with Crippen LogP contribution < -0.4 is 15.0 Å². The van der Waals surface area contributed by atoms with E-state index in [4.69, 9.17) is 25.8 Å². The second kappa shape index (κ2) is 9.32. The molecule has 9 heteroatoms. The summed E-state index contributed by atoms with van der Waals surface area (Å²) in [6, 6.07) is 10.8. The molecule has 158 valence electrons. The molecule has 1 aromatic carbocycles. The van der Waals surface area contributed by atoms with E-state index in [-0.39, 0.29) is 23.6 Å². The molecule has 2 fully saturated rings. The fourth-order valence-corrected chi connectivity index (χ4v) is 3.55. The minimum Gasteiger partial charge on any atom is -0.473 e. The maximum absolute atomic E-state index is 12.5. The Hall–Kier alpha value is -2.84. The van der Waals surface area contributed by atoms with Gasteiger partial charge >= 0.3 is 6.09 Å². The number of cyclic esters (lactones) is 1. The van der Waals surface area contributed by atoms with Gasteiger partial charge in [-0.05, 0) is 18.2 Å². The van der Waals surface area contributed by atoms with E-state index in [9.17, 15) is 9.59 Å². The molecule has 1 N–H and O–H groups in total. The second-order valence-corrected chi connectivity index (χ2v) is 7.51. The normalized spacial score (nSPS) is 19.4. The molecule has 1 aromatic heterocycles. The molecular formula is C21H22ClN3O5. The van der Waals surface area contributed by atoms with Gasteiger partial charge in [-0.1, -0.05) is 29.8 Å². The van der Waals surface area contributed by atoms with Crippen LogP contribution in [-0.4, -0.2) is 55.5 Å². The Morgan fingerprint density at radius 2 is 2.03 bits per heavy atom. The minimum absolute atomic E-state index is 0.00744. The zero-order chi connectivity index (χ0) is 20.9. The van der Waals surface area contributed by atoms with E-state index in [1.165, 1.54) is 17.2 Å². The van der Waals surface area contributed by atoms with E-state index in [2.05, 4.69) is 10.3 Å². The number of pyridine rings is 1. The molecule has 0 spiro atoms. The summed E-state index contributed by atoms with van der Waals surface area (Å²) in [5, 5.41) is 3.04. The van der Waals surface area contributed by atoms with Crippen molar-refractivity contribution in [1.82, 2.24) is 10.3 Å². The molecule has 2 saturated heterocycles. The Bertz CT molecular complexity index is 905. The molecule has 2 aliphatic rings. The van der Waals surface area contributed by atoms with E-state index in [1.54, 1.807) is 0 Å². The van der Waals surface area contributed by atoms with Crippen molar-refractivity contribution >= 4 is 29.3 Å². The second-order valence-electron chi connectivity index (χ2n) is 7.10. The molecule has 4 rings (SSSR count). The van der Waals surface area contributed by atoms with Crippen LogP contribution in [0.2, 0.25) is 5.02 Å². The number of halogens is 1. The van der Waals surface area contributed by atoms with Gasteiger partial charge in [-0.25, -0.2) is 9.78 Å². The van der Waals surface area contributed by atoms with Crippen LogP contribution in [0, 0.1) is 0 Å². The molecule has 3 heterocycles. The third-order valence-electron chi connectivity index (χ3n) is 4.95. The summed E-state index contributed by atoms with van der Waals surface area (Å²) in [5.41, 5.74) is 1.07. The summed E-state index contributed by atoms with van der Waals surface area (Å²) in [4.78, 5) is 30.3. The third kappa shape index (κ3) is 4.83. The van der Waals surface area contributed by atoms with E-state index in [0.717, 1.165) is 18.5 Å². The molecule has 1 atom stereocenters. The van der Waals surface area contributed by atoms with Gasteiger partial charge in [0.2, 0.25) is 5.88 Å². The number of aromatic nitrogens is 1. The molecule has 0 aliphatic carbocycles. The number of amides is 2. The van der Waals surface area contributed by atoms with Crippen molar-refractivity contribution in [2.45, 2.75) is 25.0 Å². The lowest BCUT2D eigenvalue weighted by molar-refractivity contribution is 0.0238. The zero-order valence-electron chi connectivity index (χ0n) is 16.3. The number of benzene rings is 1. The maximum Gasteiger partial charge on any atom is 0.414 e. The van der Waals surface area contributed by atoms with Crippen molar-refractivity contribution in [1.29, 1.82) is 0 Å². The van der Waals surface area contributed by atoms with Crippen molar-refractivity contribution < 1.29 is 23.8 Å². The first-order valence-electron chi connectivity index (χ1n) is 9.81. The summed E-state index contributed by atoms with van der Waals surface area (Å²) in [6.07, 6.45) is 2.11. The van der Waals surface area contributed by atoms with Crippen molar-refractivity contribution in [3.8, 4) is 5.88 Å². The molecule has 0 radical (unpaired) electrons. The van der Waals surface area contributed by atoms with Gasteiger partial charge in [-0.2, -0.15) is 0 Å². The van der Waals surface area contributed by atoms with Crippen molar-refractivity contribution in [3.05, 3.63) is 53.2 Å². The average Bonchev–Trinajstić information content (AvgIpc) is 3.15. The molecule has 0 saturated carbocycles. The molecule has 8 nitrogen and oxygen atoms in total. The van der Waals surface area contributed by atoms with Gasteiger partial charge in [0.15, 0.2) is 0 Å². The first-order chi connectivity index (χ1) is 14.6. The first kappa shape index (κ1) is 20.4. The predicted octanol–water partition coefficient (Wildman–Crippen LogP) is 3.05. The quantitative estimate of drug-likeness (QED) is 0.756. The summed E-state index contributed by atoms with van der Waals surface area (Å²) >= 11 is 6.25. The van der Waals surface area contributed by atoms with Crippen molar-refractivity contribution in [2.75, 3.05) is 31.2 Å². The minimum atomic E-state index is -0.443. The largest absolute Gasteiger partial charge is 0.473 e. The highest BCUT2D eigenvalue weighted by Gasteiger charge is 2.32. The molecule has 2 aromatic rings. The molecule has 30 heavy (non-hydrogen) atoms. The van der Waals surface area contributed by atoms with Crippen LogP contribution in [0.15, 0.2) is 42.6 Å². The molecule has 0 bridgehead atoms. The number of para-hydroxylation sites is 1. The van der Waals surface area contributed by atoms with E-state index in [1.807, 2.05) is 30.3 Å². The molecule has 1 unspecified atom stereocenters.